The average molecular weight is 480 g/mol. The molecule has 0 radical (unpaired) electrons. The first-order chi connectivity index (χ1) is 15.8. The highest BCUT2D eigenvalue weighted by Crippen LogP contribution is 2.27. The van der Waals surface area contributed by atoms with Crippen LogP contribution in [0.2, 0.25) is 0 Å². The fourth-order valence-corrected chi connectivity index (χ4v) is 3.42. The number of ether oxygens (including phenoxy) is 1. The van der Waals surface area contributed by atoms with Crippen LogP contribution in [-0.4, -0.2) is 63.9 Å². The van der Waals surface area contributed by atoms with Crippen molar-refractivity contribution in [3.63, 3.8) is 0 Å². The lowest BCUT2D eigenvalue weighted by Crippen LogP contribution is -2.55. The molecule has 0 heterocycles. The monoisotopic (exact) mass is 479 g/mol. The average Bonchev–Trinajstić information content (AvgIpc) is 2.71. The third-order valence-electron chi connectivity index (χ3n) is 4.98. The molecule has 1 aromatic rings. The number of unbranched alkanes of at least 4 members (excludes halogenated alkanes) is 2. The molecule has 0 saturated heterocycles. The van der Waals surface area contributed by atoms with Gasteiger partial charge < -0.3 is 30.5 Å². The van der Waals surface area contributed by atoms with E-state index in [1.54, 1.807) is 39.8 Å². The molecule has 2 atom stereocenters. The number of phenols is 1. The lowest BCUT2D eigenvalue weighted by atomic mass is 9.99. The number of aliphatic hydroxyl groups is 1. The van der Waals surface area contributed by atoms with Crippen molar-refractivity contribution in [2.45, 2.75) is 91.5 Å². The molecule has 1 aromatic carbocycles. The van der Waals surface area contributed by atoms with Crippen LogP contribution in [0.15, 0.2) is 18.2 Å². The van der Waals surface area contributed by atoms with Crippen LogP contribution in [0.25, 0.3) is 0 Å². The number of hydrogen-bond acceptors (Lipinski definition) is 6. The predicted octanol–water partition coefficient (Wildman–Crippen LogP) is 3.17. The van der Waals surface area contributed by atoms with Crippen LogP contribution in [0.3, 0.4) is 0 Å². The Balaban J connectivity index is 3.41. The molecule has 34 heavy (non-hydrogen) atoms. The van der Waals surface area contributed by atoms with Gasteiger partial charge in [-0.3, -0.25) is 9.59 Å². The summed E-state index contributed by atoms with van der Waals surface area (Å²) in [6.07, 6.45) is 1.54. The summed E-state index contributed by atoms with van der Waals surface area (Å²) in [4.78, 5) is 40.6. The van der Waals surface area contributed by atoms with Crippen LogP contribution in [-0.2, 0) is 14.3 Å². The van der Waals surface area contributed by atoms with Gasteiger partial charge in [-0.2, -0.15) is 0 Å². The van der Waals surface area contributed by atoms with E-state index in [1.165, 1.54) is 11.0 Å². The number of alkyl carbamates (subject to hydrolysis) is 1. The molecule has 0 aliphatic carbocycles. The van der Waals surface area contributed by atoms with E-state index in [0.29, 0.717) is 17.5 Å². The third-order valence-corrected chi connectivity index (χ3v) is 4.98. The molecule has 0 bridgehead atoms. The van der Waals surface area contributed by atoms with Crippen molar-refractivity contribution >= 4 is 17.9 Å². The molecule has 0 spiro atoms. The molecule has 0 fully saturated rings. The normalized spacial score (nSPS) is 13.2. The van der Waals surface area contributed by atoms with Crippen LogP contribution in [0.4, 0.5) is 4.79 Å². The first kappa shape index (κ1) is 29.2. The summed E-state index contributed by atoms with van der Waals surface area (Å²) < 4.78 is 5.23. The molecule has 9 heteroatoms. The number of hydrogen-bond donors (Lipinski definition) is 4. The van der Waals surface area contributed by atoms with Crippen molar-refractivity contribution in [2.75, 3.05) is 13.2 Å². The Morgan fingerprint density at radius 2 is 1.76 bits per heavy atom. The lowest BCUT2D eigenvalue weighted by Gasteiger charge is -2.34. The number of aromatic hydroxyl groups is 1. The quantitative estimate of drug-likeness (QED) is 0.361. The highest BCUT2D eigenvalue weighted by Gasteiger charge is 2.36. The summed E-state index contributed by atoms with van der Waals surface area (Å²) in [7, 11) is 0. The van der Waals surface area contributed by atoms with Gasteiger partial charge in [0.25, 0.3) is 0 Å². The second-order valence-electron chi connectivity index (χ2n) is 9.73. The van der Waals surface area contributed by atoms with Gasteiger partial charge in [-0.15, -0.1) is 0 Å². The van der Waals surface area contributed by atoms with E-state index in [0.717, 1.165) is 12.8 Å². The number of nitrogens with one attached hydrogen (secondary N) is 2. The number of amides is 3. The van der Waals surface area contributed by atoms with Gasteiger partial charge in [0.1, 0.15) is 23.4 Å². The number of carbonyl (C=O) groups is 3. The first-order valence-corrected chi connectivity index (χ1v) is 11.8. The highest BCUT2D eigenvalue weighted by molar-refractivity contribution is 5.92. The van der Waals surface area contributed by atoms with Gasteiger partial charge >= 0.3 is 6.09 Å². The standard InChI is InChI=1S/C25H41N3O6/c1-8-9-10-13-28(23(32)19(15-29)27-24(33)34-25(5,6)7)21(22(31)26-16(2)3)18-11-12-20(30)17(4)14-18/h11-12,14,16,19,21,29-30H,8-10,13,15H2,1-7H3,(H,26,31)(H,27,33). The Labute approximate surface area is 202 Å². The number of aliphatic hydroxyl groups excluding tert-OH is 1. The highest BCUT2D eigenvalue weighted by atomic mass is 16.6. The van der Waals surface area contributed by atoms with E-state index in [9.17, 15) is 24.6 Å². The fraction of sp³-hybridized carbons (Fsp3) is 0.640. The van der Waals surface area contributed by atoms with E-state index < -0.39 is 36.3 Å². The minimum Gasteiger partial charge on any atom is -0.508 e. The summed E-state index contributed by atoms with van der Waals surface area (Å²) >= 11 is 0. The van der Waals surface area contributed by atoms with Crippen molar-refractivity contribution in [3.05, 3.63) is 29.3 Å². The van der Waals surface area contributed by atoms with Crippen molar-refractivity contribution in [3.8, 4) is 5.75 Å². The van der Waals surface area contributed by atoms with Gasteiger partial charge in [-0.25, -0.2) is 4.79 Å². The number of carbonyl (C=O) groups excluding carboxylic acids is 3. The minimum absolute atomic E-state index is 0.0791. The van der Waals surface area contributed by atoms with Crippen LogP contribution < -0.4 is 10.6 Å². The summed E-state index contributed by atoms with van der Waals surface area (Å²) in [6, 6.07) is 2.27. The van der Waals surface area contributed by atoms with Crippen LogP contribution >= 0.6 is 0 Å². The van der Waals surface area contributed by atoms with Gasteiger partial charge in [-0.1, -0.05) is 25.8 Å². The van der Waals surface area contributed by atoms with E-state index in [1.807, 2.05) is 20.8 Å². The van der Waals surface area contributed by atoms with E-state index in [4.69, 9.17) is 4.74 Å². The zero-order valence-electron chi connectivity index (χ0n) is 21.5. The third kappa shape index (κ3) is 9.21. The fourth-order valence-electron chi connectivity index (χ4n) is 3.42. The summed E-state index contributed by atoms with van der Waals surface area (Å²) in [5, 5.41) is 25.2. The Hall–Kier alpha value is -2.81. The molecule has 2 unspecified atom stereocenters. The van der Waals surface area contributed by atoms with Gasteiger partial charge in [-0.05, 0) is 71.2 Å². The topological polar surface area (TPSA) is 128 Å². The molecular weight excluding hydrogens is 438 g/mol. The smallest absolute Gasteiger partial charge is 0.408 e. The summed E-state index contributed by atoms with van der Waals surface area (Å²) in [5.41, 5.74) is 0.302. The van der Waals surface area contributed by atoms with Crippen LogP contribution in [0.1, 0.15) is 78.0 Å². The van der Waals surface area contributed by atoms with Crippen molar-refractivity contribution < 1.29 is 29.3 Å². The molecule has 9 nitrogen and oxygen atoms in total. The zero-order chi connectivity index (χ0) is 26.1. The summed E-state index contributed by atoms with van der Waals surface area (Å²) in [5.74, 6) is -0.909. The first-order valence-electron chi connectivity index (χ1n) is 11.8. The maximum atomic E-state index is 13.6. The van der Waals surface area contributed by atoms with E-state index in [2.05, 4.69) is 10.6 Å². The Bertz CT molecular complexity index is 834. The van der Waals surface area contributed by atoms with Crippen molar-refractivity contribution in [1.29, 1.82) is 0 Å². The second kappa shape index (κ2) is 13.2. The lowest BCUT2D eigenvalue weighted by molar-refractivity contribution is -0.143. The molecule has 0 saturated carbocycles. The van der Waals surface area contributed by atoms with Crippen molar-refractivity contribution in [2.24, 2.45) is 0 Å². The Kier molecular flexibility index (Phi) is 11.3. The maximum absolute atomic E-state index is 13.6. The molecule has 0 aliphatic rings. The zero-order valence-corrected chi connectivity index (χ0v) is 21.5. The Morgan fingerprint density at radius 1 is 1.12 bits per heavy atom. The maximum Gasteiger partial charge on any atom is 0.408 e. The number of rotatable bonds is 11. The van der Waals surface area contributed by atoms with Gasteiger partial charge in [0.05, 0.1) is 6.61 Å². The molecule has 192 valence electrons. The molecule has 0 aromatic heterocycles. The molecule has 0 aliphatic heterocycles. The molecule has 4 N–H and O–H groups in total. The van der Waals surface area contributed by atoms with Crippen LogP contribution in [0.5, 0.6) is 5.75 Å². The van der Waals surface area contributed by atoms with Gasteiger partial charge in [0.2, 0.25) is 11.8 Å². The van der Waals surface area contributed by atoms with Gasteiger partial charge in [0, 0.05) is 12.6 Å². The number of benzene rings is 1. The summed E-state index contributed by atoms with van der Waals surface area (Å²) in [6.45, 7) is 12.0. The Morgan fingerprint density at radius 3 is 2.26 bits per heavy atom. The van der Waals surface area contributed by atoms with E-state index >= 15 is 0 Å². The number of nitrogens with zero attached hydrogens (tertiary/aromatic N) is 1. The second-order valence-corrected chi connectivity index (χ2v) is 9.73. The number of phenolic OH excluding ortho intramolecular Hbond substituents is 1. The molecule has 1 rings (SSSR count). The molecular formula is C25H41N3O6. The van der Waals surface area contributed by atoms with Crippen LogP contribution in [0, 0.1) is 6.92 Å². The molecule has 3 amide bonds. The largest absolute Gasteiger partial charge is 0.508 e. The number of aryl methyl sites for hydroxylation is 1. The predicted molar refractivity (Wildman–Crippen MR) is 130 cm³/mol. The van der Waals surface area contributed by atoms with E-state index in [-0.39, 0.29) is 24.2 Å². The SMILES string of the molecule is CCCCCN(C(=O)C(CO)NC(=O)OC(C)(C)C)C(C(=O)NC(C)C)c1ccc(O)c(C)c1. The van der Waals surface area contributed by atoms with Crippen molar-refractivity contribution in [1.82, 2.24) is 15.5 Å². The minimum atomic E-state index is -1.29. The van der Waals surface area contributed by atoms with Gasteiger partial charge in [0.15, 0.2) is 0 Å².